The van der Waals surface area contributed by atoms with E-state index in [1.165, 1.54) is 77.0 Å². The van der Waals surface area contributed by atoms with Crippen LogP contribution >= 0.6 is 15.9 Å². The summed E-state index contributed by atoms with van der Waals surface area (Å²) in [4.78, 5) is 0. The molecular weight excluding hydrogens is 288 g/mol. The zero-order valence-electron chi connectivity index (χ0n) is 12.4. The lowest BCUT2D eigenvalue weighted by atomic mass is 10.1. The Hall–Kier alpha value is 0.440. The zero-order chi connectivity index (χ0) is 13.3. The molecule has 0 heterocycles. The Morgan fingerprint density at radius 3 is 1.56 bits per heavy atom. The molecule has 110 valence electrons. The van der Waals surface area contributed by atoms with Crippen LogP contribution in [-0.2, 0) is 4.74 Å². The Balaban J connectivity index is 2.86. The van der Waals surface area contributed by atoms with Gasteiger partial charge in [0.15, 0.2) is 0 Å². The molecule has 0 aromatic heterocycles. The number of rotatable bonds is 15. The van der Waals surface area contributed by atoms with Crippen LogP contribution in [-0.4, -0.2) is 18.5 Å². The average Bonchev–Trinajstić information content (AvgIpc) is 2.39. The molecule has 2 heteroatoms. The van der Waals surface area contributed by atoms with E-state index >= 15 is 0 Å². The third-order valence-electron chi connectivity index (χ3n) is 3.31. The Morgan fingerprint density at radius 1 is 0.611 bits per heavy atom. The van der Waals surface area contributed by atoms with E-state index < -0.39 is 0 Å². The molecule has 0 atom stereocenters. The Morgan fingerprint density at radius 2 is 1.06 bits per heavy atom. The Labute approximate surface area is 123 Å². The highest BCUT2D eigenvalue weighted by Gasteiger charge is 1.93. The van der Waals surface area contributed by atoms with Crippen LogP contribution in [0.15, 0.2) is 0 Å². The second kappa shape index (κ2) is 17.4. The highest BCUT2D eigenvalue weighted by Crippen LogP contribution is 2.08. The molecule has 0 fully saturated rings. The first-order chi connectivity index (χ1) is 8.91. The van der Waals surface area contributed by atoms with Crippen LogP contribution < -0.4 is 0 Å². The molecule has 0 aromatic carbocycles. The van der Waals surface area contributed by atoms with Crippen molar-refractivity contribution in [1.82, 2.24) is 0 Å². The minimum atomic E-state index is 0.971. The second-order valence-electron chi connectivity index (χ2n) is 5.19. The SMILES string of the molecule is CCCCCCCCCCOCCCCCCBr. The molecule has 0 saturated carbocycles. The summed E-state index contributed by atoms with van der Waals surface area (Å²) in [5.41, 5.74) is 0. The van der Waals surface area contributed by atoms with Gasteiger partial charge in [0, 0.05) is 18.5 Å². The lowest BCUT2D eigenvalue weighted by Crippen LogP contribution is -1.97. The molecule has 0 N–H and O–H groups in total. The summed E-state index contributed by atoms with van der Waals surface area (Å²) >= 11 is 3.46. The Bertz CT molecular complexity index is 123. The number of halogens is 1. The summed E-state index contributed by atoms with van der Waals surface area (Å²) in [5.74, 6) is 0. The van der Waals surface area contributed by atoms with Gasteiger partial charge in [0.2, 0.25) is 0 Å². The van der Waals surface area contributed by atoms with Crippen LogP contribution in [0.3, 0.4) is 0 Å². The molecule has 1 nitrogen and oxygen atoms in total. The molecule has 0 saturated heterocycles. The molecule has 18 heavy (non-hydrogen) atoms. The summed E-state index contributed by atoms with van der Waals surface area (Å²) in [7, 11) is 0. The maximum absolute atomic E-state index is 5.65. The topological polar surface area (TPSA) is 9.23 Å². The molecule has 0 aliphatic rings. The maximum Gasteiger partial charge on any atom is 0.0466 e. The van der Waals surface area contributed by atoms with Gasteiger partial charge in [-0.15, -0.1) is 0 Å². The molecule has 0 spiro atoms. The van der Waals surface area contributed by atoms with Crippen LogP contribution in [0, 0.1) is 0 Å². The van der Waals surface area contributed by atoms with E-state index in [-0.39, 0.29) is 0 Å². The van der Waals surface area contributed by atoms with Crippen LogP contribution in [0.2, 0.25) is 0 Å². The molecule has 0 aliphatic carbocycles. The summed E-state index contributed by atoms with van der Waals surface area (Å²) in [5, 5.41) is 1.14. The third-order valence-corrected chi connectivity index (χ3v) is 3.88. The maximum atomic E-state index is 5.65. The number of unbranched alkanes of at least 4 members (excludes halogenated alkanes) is 10. The predicted octanol–water partition coefficient (Wildman–Crippen LogP) is 6.10. The monoisotopic (exact) mass is 320 g/mol. The minimum absolute atomic E-state index is 0.971. The first-order valence-corrected chi connectivity index (χ1v) is 9.17. The van der Waals surface area contributed by atoms with E-state index in [0.29, 0.717) is 0 Å². The van der Waals surface area contributed by atoms with E-state index in [1.807, 2.05) is 0 Å². The van der Waals surface area contributed by atoms with Crippen molar-refractivity contribution in [1.29, 1.82) is 0 Å². The van der Waals surface area contributed by atoms with Gasteiger partial charge < -0.3 is 4.74 Å². The summed E-state index contributed by atoms with van der Waals surface area (Å²) in [6.07, 6.45) is 16.3. The molecular formula is C16H33BrO. The smallest absolute Gasteiger partial charge is 0.0466 e. The first kappa shape index (κ1) is 18.4. The van der Waals surface area contributed by atoms with Crippen LogP contribution in [0.5, 0.6) is 0 Å². The van der Waals surface area contributed by atoms with Crippen molar-refractivity contribution in [3.8, 4) is 0 Å². The van der Waals surface area contributed by atoms with Crippen molar-refractivity contribution >= 4 is 15.9 Å². The number of hydrogen-bond acceptors (Lipinski definition) is 1. The van der Waals surface area contributed by atoms with E-state index in [1.54, 1.807) is 0 Å². The van der Waals surface area contributed by atoms with Crippen LogP contribution in [0.4, 0.5) is 0 Å². The van der Waals surface area contributed by atoms with Crippen molar-refractivity contribution in [2.45, 2.75) is 84.0 Å². The van der Waals surface area contributed by atoms with Crippen LogP contribution in [0.1, 0.15) is 84.0 Å². The Kier molecular flexibility index (Phi) is 17.9. The first-order valence-electron chi connectivity index (χ1n) is 8.05. The van der Waals surface area contributed by atoms with Gasteiger partial charge in [-0.05, 0) is 19.3 Å². The lowest BCUT2D eigenvalue weighted by Gasteiger charge is -2.04. The highest BCUT2D eigenvalue weighted by atomic mass is 79.9. The standard InChI is InChI=1S/C16H33BrO/c1-2-3-4-5-6-7-9-12-15-18-16-13-10-8-11-14-17/h2-16H2,1H3. The van der Waals surface area contributed by atoms with Crippen molar-refractivity contribution in [3.63, 3.8) is 0 Å². The molecule has 0 aromatic rings. The quantitative estimate of drug-likeness (QED) is 0.261. The molecule has 0 amide bonds. The third kappa shape index (κ3) is 16.4. The van der Waals surface area contributed by atoms with E-state index in [9.17, 15) is 0 Å². The van der Waals surface area contributed by atoms with Gasteiger partial charge in [-0.25, -0.2) is 0 Å². The van der Waals surface area contributed by atoms with Gasteiger partial charge in [-0.1, -0.05) is 80.6 Å². The molecule has 0 bridgehead atoms. The van der Waals surface area contributed by atoms with Crippen molar-refractivity contribution in [3.05, 3.63) is 0 Å². The van der Waals surface area contributed by atoms with Crippen molar-refractivity contribution < 1.29 is 4.74 Å². The van der Waals surface area contributed by atoms with Gasteiger partial charge in [0.1, 0.15) is 0 Å². The number of ether oxygens (including phenoxy) is 1. The van der Waals surface area contributed by atoms with Gasteiger partial charge in [-0.2, -0.15) is 0 Å². The van der Waals surface area contributed by atoms with Gasteiger partial charge >= 0.3 is 0 Å². The normalized spacial score (nSPS) is 11.0. The number of hydrogen-bond donors (Lipinski definition) is 0. The number of alkyl halides is 1. The molecule has 0 radical (unpaired) electrons. The summed E-state index contributed by atoms with van der Waals surface area (Å²) < 4.78 is 5.65. The molecule has 0 aliphatic heterocycles. The minimum Gasteiger partial charge on any atom is -0.381 e. The van der Waals surface area contributed by atoms with Gasteiger partial charge in [-0.3, -0.25) is 0 Å². The van der Waals surface area contributed by atoms with Gasteiger partial charge in [0.05, 0.1) is 0 Å². The van der Waals surface area contributed by atoms with E-state index in [2.05, 4.69) is 22.9 Å². The predicted molar refractivity (Wildman–Crippen MR) is 85.7 cm³/mol. The van der Waals surface area contributed by atoms with E-state index in [4.69, 9.17) is 4.74 Å². The lowest BCUT2D eigenvalue weighted by molar-refractivity contribution is 0.126. The largest absolute Gasteiger partial charge is 0.381 e. The molecule has 0 rings (SSSR count). The van der Waals surface area contributed by atoms with E-state index in [0.717, 1.165) is 18.5 Å². The fraction of sp³-hybridized carbons (Fsp3) is 1.00. The second-order valence-corrected chi connectivity index (χ2v) is 5.98. The summed E-state index contributed by atoms with van der Waals surface area (Å²) in [6, 6.07) is 0. The van der Waals surface area contributed by atoms with Crippen molar-refractivity contribution in [2.75, 3.05) is 18.5 Å². The van der Waals surface area contributed by atoms with Gasteiger partial charge in [0.25, 0.3) is 0 Å². The fourth-order valence-electron chi connectivity index (χ4n) is 2.09. The zero-order valence-corrected chi connectivity index (χ0v) is 14.0. The fourth-order valence-corrected chi connectivity index (χ4v) is 2.49. The van der Waals surface area contributed by atoms with Crippen molar-refractivity contribution in [2.24, 2.45) is 0 Å². The molecule has 0 unspecified atom stereocenters. The average molecular weight is 321 g/mol. The highest BCUT2D eigenvalue weighted by molar-refractivity contribution is 9.09. The van der Waals surface area contributed by atoms with Crippen LogP contribution in [0.25, 0.3) is 0 Å². The summed E-state index contributed by atoms with van der Waals surface area (Å²) in [6.45, 7) is 4.23.